The van der Waals surface area contributed by atoms with Gasteiger partial charge in [-0.3, -0.25) is 19.4 Å². The molecule has 0 N–H and O–H groups in total. The highest BCUT2D eigenvalue weighted by molar-refractivity contribution is 5.80. The van der Waals surface area contributed by atoms with Gasteiger partial charge in [-0.05, 0) is 12.8 Å². The van der Waals surface area contributed by atoms with Gasteiger partial charge in [0.1, 0.15) is 5.54 Å². The van der Waals surface area contributed by atoms with E-state index in [1.807, 2.05) is 4.90 Å². The summed E-state index contributed by atoms with van der Waals surface area (Å²) in [6.45, 7) is 6.51. The Morgan fingerprint density at radius 1 is 0.964 bits per heavy atom. The number of rotatable bonds is 5. The zero-order chi connectivity index (χ0) is 20.0. The van der Waals surface area contributed by atoms with Crippen LogP contribution in [0.5, 0.6) is 0 Å². The van der Waals surface area contributed by atoms with E-state index in [0.29, 0.717) is 52.5 Å². The van der Waals surface area contributed by atoms with Crippen LogP contribution < -0.4 is 0 Å². The van der Waals surface area contributed by atoms with Crippen LogP contribution in [0.3, 0.4) is 0 Å². The third kappa shape index (κ3) is 5.02. The average molecular weight is 392 g/mol. The Bertz CT molecular complexity index is 585. The van der Waals surface area contributed by atoms with Gasteiger partial charge in [-0.15, -0.1) is 0 Å². The fraction of sp³-hybridized carbons (Fsp3) is 0.850. The lowest BCUT2D eigenvalue weighted by atomic mass is 9.81. The van der Waals surface area contributed by atoms with Crippen LogP contribution in [0.1, 0.15) is 32.1 Å². The first-order valence-corrected chi connectivity index (χ1v) is 10.5. The fourth-order valence-corrected chi connectivity index (χ4v) is 4.40. The van der Waals surface area contributed by atoms with Gasteiger partial charge >= 0.3 is 0 Å². The summed E-state index contributed by atoms with van der Waals surface area (Å²) in [6.07, 6.45) is 4.71. The van der Waals surface area contributed by atoms with Crippen molar-refractivity contribution in [1.29, 1.82) is 5.26 Å². The first-order valence-electron chi connectivity index (χ1n) is 10.5. The Morgan fingerprint density at radius 2 is 1.57 bits per heavy atom. The van der Waals surface area contributed by atoms with E-state index in [9.17, 15) is 14.9 Å². The summed E-state index contributed by atoms with van der Waals surface area (Å²) in [7, 11) is 1.78. The molecule has 1 aliphatic carbocycles. The second-order valence-electron chi connectivity index (χ2n) is 8.20. The molecule has 1 saturated carbocycles. The number of morpholine rings is 1. The molecule has 0 spiro atoms. The van der Waals surface area contributed by atoms with Crippen LogP contribution in [-0.4, -0.2) is 110 Å². The highest BCUT2D eigenvalue weighted by atomic mass is 16.5. The van der Waals surface area contributed by atoms with E-state index in [1.54, 1.807) is 11.9 Å². The number of likely N-dealkylation sites (N-methyl/N-ethyl adjacent to an activating group) is 1. The molecule has 2 aliphatic heterocycles. The van der Waals surface area contributed by atoms with Crippen LogP contribution >= 0.6 is 0 Å². The van der Waals surface area contributed by atoms with Crippen LogP contribution in [0.2, 0.25) is 0 Å². The van der Waals surface area contributed by atoms with Crippen molar-refractivity contribution in [1.82, 2.24) is 19.6 Å². The van der Waals surface area contributed by atoms with E-state index in [4.69, 9.17) is 4.74 Å². The van der Waals surface area contributed by atoms with Crippen LogP contribution in [0, 0.1) is 11.3 Å². The number of amides is 2. The lowest BCUT2D eigenvalue weighted by molar-refractivity contribution is -0.138. The molecular formula is C20H33N5O3. The maximum Gasteiger partial charge on any atom is 0.237 e. The Hall–Kier alpha value is -1.69. The smallest absolute Gasteiger partial charge is 0.237 e. The van der Waals surface area contributed by atoms with Gasteiger partial charge < -0.3 is 14.5 Å². The number of ether oxygens (including phenoxy) is 1. The predicted octanol–water partition coefficient (Wildman–Crippen LogP) is 0.148. The Labute approximate surface area is 168 Å². The molecule has 28 heavy (non-hydrogen) atoms. The quantitative estimate of drug-likeness (QED) is 0.664. The molecule has 0 bridgehead atoms. The van der Waals surface area contributed by atoms with Crippen molar-refractivity contribution in [2.24, 2.45) is 0 Å². The molecular weight excluding hydrogens is 358 g/mol. The summed E-state index contributed by atoms with van der Waals surface area (Å²) in [5.41, 5.74) is -0.634. The monoisotopic (exact) mass is 391 g/mol. The van der Waals surface area contributed by atoms with E-state index in [-0.39, 0.29) is 11.8 Å². The largest absolute Gasteiger partial charge is 0.379 e. The van der Waals surface area contributed by atoms with E-state index < -0.39 is 5.54 Å². The molecule has 156 valence electrons. The summed E-state index contributed by atoms with van der Waals surface area (Å²) in [4.78, 5) is 33.1. The zero-order valence-corrected chi connectivity index (χ0v) is 17.1. The van der Waals surface area contributed by atoms with Crippen molar-refractivity contribution in [2.75, 3.05) is 72.6 Å². The van der Waals surface area contributed by atoms with E-state index in [1.165, 1.54) is 0 Å². The van der Waals surface area contributed by atoms with Crippen LogP contribution in [0.4, 0.5) is 0 Å². The summed E-state index contributed by atoms with van der Waals surface area (Å²) in [6, 6.07) is 2.42. The minimum absolute atomic E-state index is 0.0107. The molecule has 0 aromatic heterocycles. The van der Waals surface area contributed by atoms with Gasteiger partial charge in [0.2, 0.25) is 11.8 Å². The van der Waals surface area contributed by atoms with Crippen molar-refractivity contribution >= 4 is 11.8 Å². The zero-order valence-electron chi connectivity index (χ0n) is 17.1. The molecule has 0 aromatic rings. The summed E-state index contributed by atoms with van der Waals surface area (Å²) in [5, 5.41) is 9.68. The lowest BCUT2D eigenvalue weighted by Gasteiger charge is -2.41. The van der Waals surface area contributed by atoms with Crippen molar-refractivity contribution < 1.29 is 14.3 Å². The summed E-state index contributed by atoms with van der Waals surface area (Å²) < 4.78 is 5.33. The molecule has 0 aromatic carbocycles. The second-order valence-corrected chi connectivity index (χ2v) is 8.20. The van der Waals surface area contributed by atoms with Crippen LogP contribution in [-0.2, 0) is 14.3 Å². The van der Waals surface area contributed by atoms with Crippen molar-refractivity contribution in [3.05, 3.63) is 0 Å². The second kappa shape index (κ2) is 9.68. The molecule has 0 unspecified atom stereocenters. The minimum Gasteiger partial charge on any atom is -0.379 e. The molecule has 0 radical (unpaired) electrons. The normalized spacial score (nSPS) is 23.8. The molecule has 2 amide bonds. The number of hydrogen-bond acceptors (Lipinski definition) is 6. The first kappa shape index (κ1) is 21.0. The van der Waals surface area contributed by atoms with Crippen LogP contribution in [0.15, 0.2) is 0 Å². The standard InChI is InChI=1S/C20H33N5O3/c1-22(20(17-21)5-3-2-4-6-20)18(26)15-23-7-9-25(10-8-23)19(27)16-24-11-13-28-14-12-24/h2-16H2,1H3. The summed E-state index contributed by atoms with van der Waals surface area (Å²) >= 11 is 0. The predicted molar refractivity (Wildman–Crippen MR) is 104 cm³/mol. The maximum atomic E-state index is 12.8. The van der Waals surface area contributed by atoms with Gasteiger partial charge in [-0.1, -0.05) is 19.3 Å². The van der Waals surface area contributed by atoms with Crippen molar-refractivity contribution in [3.8, 4) is 6.07 Å². The number of hydrogen-bond donors (Lipinski definition) is 0. The Balaban J connectivity index is 1.44. The summed E-state index contributed by atoms with van der Waals surface area (Å²) in [5.74, 6) is 0.173. The number of carbonyl (C=O) groups is 2. The van der Waals surface area contributed by atoms with E-state index >= 15 is 0 Å². The Morgan fingerprint density at radius 3 is 2.18 bits per heavy atom. The molecule has 2 heterocycles. The molecule has 3 rings (SSSR count). The average Bonchev–Trinajstić information content (AvgIpc) is 2.74. The van der Waals surface area contributed by atoms with E-state index in [0.717, 1.165) is 45.2 Å². The van der Waals surface area contributed by atoms with Crippen LogP contribution in [0.25, 0.3) is 0 Å². The molecule has 8 nitrogen and oxygen atoms in total. The van der Waals surface area contributed by atoms with Gasteiger partial charge in [-0.25, -0.2) is 0 Å². The topological polar surface area (TPSA) is 80.1 Å². The van der Waals surface area contributed by atoms with Gasteiger partial charge in [0.05, 0.1) is 32.4 Å². The Kier molecular flexibility index (Phi) is 7.27. The first-order chi connectivity index (χ1) is 13.5. The molecule has 0 atom stereocenters. The van der Waals surface area contributed by atoms with E-state index in [2.05, 4.69) is 15.9 Å². The number of piperazine rings is 1. The van der Waals surface area contributed by atoms with Crippen molar-refractivity contribution in [2.45, 2.75) is 37.6 Å². The van der Waals surface area contributed by atoms with Gasteiger partial charge in [0, 0.05) is 46.3 Å². The number of carbonyl (C=O) groups excluding carboxylic acids is 2. The highest BCUT2D eigenvalue weighted by Crippen LogP contribution is 2.32. The number of nitrogens with zero attached hydrogens (tertiary/aromatic N) is 5. The molecule has 8 heteroatoms. The SMILES string of the molecule is CN(C(=O)CN1CCN(C(=O)CN2CCOCC2)CC1)C1(C#N)CCCCC1. The molecule has 3 fully saturated rings. The van der Waals surface area contributed by atoms with Crippen molar-refractivity contribution in [3.63, 3.8) is 0 Å². The van der Waals surface area contributed by atoms with Gasteiger partial charge in [0.15, 0.2) is 0 Å². The lowest BCUT2D eigenvalue weighted by Crippen LogP contribution is -2.56. The molecule has 2 saturated heterocycles. The third-order valence-electron chi connectivity index (χ3n) is 6.45. The number of nitriles is 1. The minimum atomic E-state index is -0.634. The molecule has 3 aliphatic rings. The maximum absolute atomic E-state index is 12.8. The van der Waals surface area contributed by atoms with Gasteiger partial charge in [-0.2, -0.15) is 5.26 Å². The highest BCUT2D eigenvalue weighted by Gasteiger charge is 2.39. The van der Waals surface area contributed by atoms with Gasteiger partial charge in [0.25, 0.3) is 0 Å². The fourth-order valence-electron chi connectivity index (χ4n) is 4.40. The third-order valence-corrected chi connectivity index (χ3v) is 6.45.